The summed E-state index contributed by atoms with van der Waals surface area (Å²) in [5.74, 6) is -0.353. The molecule has 0 heterocycles. The summed E-state index contributed by atoms with van der Waals surface area (Å²) in [7, 11) is 0. The van der Waals surface area contributed by atoms with E-state index in [2.05, 4.69) is 31.3 Å². The third-order valence-corrected chi connectivity index (χ3v) is 5.24. The zero-order valence-electron chi connectivity index (χ0n) is 19.5. The van der Waals surface area contributed by atoms with Crippen LogP contribution in [0.4, 0.5) is 4.39 Å². The number of benzene rings is 2. The summed E-state index contributed by atoms with van der Waals surface area (Å²) in [5, 5.41) is 2.92. The fourth-order valence-electron chi connectivity index (χ4n) is 3.33. The number of amides is 2. The first-order valence-electron chi connectivity index (χ1n) is 10.9. The van der Waals surface area contributed by atoms with E-state index in [4.69, 9.17) is 0 Å². The topological polar surface area (TPSA) is 49.4 Å². The molecule has 0 radical (unpaired) electrons. The van der Waals surface area contributed by atoms with Crippen LogP contribution >= 0.6 is 0 Å². The smallest absolute Gasteiger partial charge is 0.242 e. The largest absolute Gasteiger partial charge is 0.350 e. The maximum atomic E-state index is 14.3. The van der Waals surface area contributed by atoms with E-state index in [0.29, 0.717) is 17.9 Å². The molecule has 0 aliphatic carbocycles. The molecule has 0 spiro atoms. The summed E-state index contributed by atoms with van der Waals surface area (Å²) in [5.41, 5.74) is 2.29. The predicted octanol–water partition coefficient (Wildman–Crippen LogP) is 5.21. The molecule has 1 N–H and O–H groups in total. The van der Waals surface area contributed by atoms with Crippen molar-refractivity contribution < 1.29 is 14.0 Å². The molecule has 2 aromatic rings. The van der Waals surface area contributed by atoms with Gasteiger partial charge >= 0.3 is 0 Å². The SMILES string of the molecule is CC(C)c1ccc(CCC(=O)N(Cc2ccccc2F)[C@H](C)C(=O)NC(C)(C)C)cc1. The van der Waals surface area contributed by atoms with Crippen molar-refractivity contribution in [3.63, 3.8) is 0 Å². The van der Waals surface area contributed by atoms with Gasteiger partial charge in [-0.3, -0.25) is 9.59 Å². The third kappa shape index (κ3) is 7.50. The van der Waals surface area contributed by atoms with Gasteiger partial charge in [-0.05, 0) is 57.2 Å². The molecular weight excluding hydrogens is 391 g/mol. The highest BCUT2D eigenvalue weighted by molar-refractivity contribution is 5.87. The van der Waals surface area contributed by atoms with Gasteiger partial charge in [0, 0.05) is 24.1 Å². The number of hydrogen-bond donors (Lipinski definition) is 1. The van der Waals surface area contributed by atoms with Crippen LogP contribution in [0, 0.1) is 5.82 Å². The van der Waals surface area contributed by atoms with Crippen molar-refractivity contribution in [1.82, 2.24) is 10.2 Å². The van der Waals surface area contributed by atoms with Gasteiger partial charge in [0.2, 0.25) is 11.8 Å². The van der Waals surface area contributed by atoms with Gasteiger partial charge in [0.05, 0.1) is 0 Å². The Balaban J connectivity index is 2.16. The maximum Gasteiger partial charge on any atom is 0.242 e. The van der Waals surface area contributed by atoms with Crippen LogP contribution < -0.4 is 5.32 Å². The average Bonchev–Trinajstić information content (AvgIpc) is 2.70. The van der Waals surface area contributed by atoms with E-state index in [1.807, 2.05) is 32.9 Å². The molecule has 0 aliphatic rings. The van der Waals surface area contributed by atoms with Gasteiger partial charge in [-0.1, -0.05) is 56.3 Å². The number of rotatable bonds is 8. The first kappa shape index (κ1) is 24.6. The number of aryl methyl sites for hydroxylation is 1. The molecule has 2 aromatic carbocycles. The number of carbonyl (C=O) groups excluding carboxylic acids is 2. The van der Waals surface area contributed by atoms with Crippen molar-refractivity contribution in [3.8, 4) is 0 Å². The van der Waals surface area contributed by atoms with Crippen LogP contribution in [0.15, 0.2) is 48.5 Å². The molecule has 0 unspecified atom stereocenters. The molecule has 1 atom stereocenters. The highest BCUT2D eigenvalue weighted by Crippen LogP contribution is 2.18. The van der Waals surface area contributed by atoms with Crippen molar-refractivity contribution in [2.24, 2.45) is 0 Å². The van der Waals surface area contributed by atoms with Gasteiger partial charge < -0.3 is 10.2 Å². The van der Waals surface area contributed by atoms with Crippen LogP contribution in [0.1, 0.15) is 70.6 Å². The number of nitrogens with zero attached hydrogens (tertiary/aromatic N) is 1. The van der Waals surface area contributed by atoms with E-state index in [9.17, 15) is 14.0 Å². The standard InChI is InChI=1S/C26H35FN2O2/c1-18(2)21-14-11-20(12-15-21)13-16-24(30)29(17-22-9-7-8-10-23(22)27)19(3)25(31)28-26(4,5)6/h7-12,14-15,18-19H,13,16-17H2,1-6H3,(H,28,31)/t19-/m1/s1. The van der Waals surface area contributed by atoms with E-state index in [-0.39, 0.29) is 30.6 Å². The summed E-state index contributed by atoms with van der Waals surface area (Å²) >= 11 is 0. The molecule has 2 rings (SSSR count). The average molecular weight is 427 g/mol. The highest BCUT2D eigenvalue weighted by Gasteiger charge is 2.28. The molecule has 4 nitrogen and oxygen atoms in total. The maximum absolute atomic E-state index is 14.3. The molecule has 0 aromatic heterocycles. The van der Waals surface area contributed by atoms with Crippen LogP contribution in [-0.2, 0) is 22.6 Å². The fraction of sp³-hybridized carbons (Fsp3) is 0.462. The lowest BCUT2D eigenvalue weighted by molar-refractivity contribution is -0.141. The molecule has 2 amide bonds. The number of carbonyl (C=O) groups is 2. The molecule has 168 valence electrons. The second-order valence-electron chi connectivity index (χ2n) is 9.42. The predicted molar refractivity (Wildman–Crippen MR) is 123 cm³/mol. The Bertz CT molecular complexity index is 885. The zero-order valence-corrected chi connectivity index (χ0v) is 19.5. The summed E-state index contributed by atoms with van der Waals surface area (Å²) in [6.45, 7) is 11.7. The molecule has 0 bridgehead atoms. The molecule has 31 heavy (non-hydrogen) atoms. The van der Waals surface area contributed by atoms with Crippen LogP contribution in [0.2, 0.25) is 0 Å². The van der Waals surface area contributed by atoms with E-state index < -0.39 is 11.6 Å². The van der Waals surface area contributed by atoms with Crippen LogP contribution in [-0.4, -0.2) is 28.3 Å². The van der Waals surface area contributed by atoms with Gasteiger partial charge in [-0.2, -0.15) is 0 Å². The molecule has 0 aliphatic heterocycles. The number of hydrogen-bond acceptors (Lipinski definition) is 2. The van der Waals surface area contributed by atoms with Gasteiger partial charge in [0.25, 0.3) is 0 Å². The Morgan fingerprint density at radius 2 is 1.61 bits per heavy atom. The minimum Gasteiger partial charge on any atom is -0.350 e. The van der Waals surface area contributed by atoms with Gasteiger partial charge in [-0.15, -0.1) is 0 Å². The van der Waals surface area contributed by atoms with Crippen molar-refractivity contribution in [3.05, 3.63) is 71.0 Å². The number of nitrogens with one attached hydrogen (secondary N) is 1. The van der Waals surface area contributed by atoms with Gasteiger partial charge in [0.15, 0.2) is 0 Å². The quantitative estimate of drug-likeness (QED) is 0.630. The van der Waals surface area contributed by atoms with E-state index in [0.717, 1.165) is 5.56 Å². The summed E-state index contributed by atoms with van der Waals surface area (Å²) in [4.78, 5) is 27.4. The van der Waals surface area contributed by atoms with Crippen molar-refractivity contribution >= 4 is 11.8 Å². The van der Waals surface area contributed by atoms with E-state index in [1.54, 1.807) is 25.1 Å². The summed E-state index contributed by atoms with van der Waals surface area (Å²) in [6.07, 6.45) is 0.821. The Kier molecular flexibility index (Phi) is 8.37. The second-order valence-corrected chi connectivity index (χ2v) is 9.42. The minimum absolute atomic E-state index is 0.0521. The third-order valence-electron chi connectivity index (χ3n) is 5.24. The summed E-state index contributed by atoms with van der Waals surface area (Å²) < 4.78 is 14.3. The molecule has 0 saturated carbocycles. The van der Waals surface area contributed by atoms with E-state index in [1.165, 1.54) is 16.5 Å². The normalized spacial score (nSPS) is 12.5. The van der Waals surface area contributed by atoms with Crippen molar-refractivity contribution in [2.75, 3.05) is 0 Å². The lowest BCUT2D eigenvalue weighted by atomic mass is 10.00. The Morgan fingerprint density at radius 1 is 1.00 bits per heavy atom. The molecule has 0 fully saturated rings. The van der Waals surface area contributed by atoms with Crippen molar-refractivity contribution in [2.45, 2.75) is 78.4 Å². The molecule has 0 saturated heterocycles. The number of halogens is 1. The van der Waals surface area contributed by atoms with Crippen LogP contribution in [0.5, 0.6) is 0 Å². The Labute approximate surface area is 185 Å². The lowest BCUT2D eigenvalue weighted by Gasteiger charge is -2.31. The highest BCUT2D eigenvalue weighted by atomic mass is 19.1. The van der Waals surface area contributed by atoms with Gasteiger partial charge in [0.1, 0.15) is 11.9 Å². The van der Waals surface area contributed by atoms with Crippen LogP contribution in [0.3, 0.4) is 0 Å². The van der Waals surface area contributed by atoms with Crippen LogP contribution in [0.25, 0.3) is 0 Å². The fourth-order valence-corrected chi connectivity index (χ4v) is 3.33. The second kappa shape index (κ2) is 10.6. The van der Waals surface area contributed by atoms with E-state index >= 15 is 0 Å². The minimum atomic E-state index is -0.713. The monoisotopic (exact) mass is 426 g/mol. The Hall–Kier alpha value is -2.69. The molecule has 5 heteroatoms. The Morgan fingerprint density at radius 3 is 2.16 bits per heavy atom. The first-order chi connectivity index (χ1) is 14.5. The van der Waals surface area contributed by atoms with Crippen molar-refractivity contribution in [1.29, 1.82) is 0 Å². The first-order valence-corrected chi connectivity index (χ1v) is 10.9. The summed E-state index contributed by atoms with van der Waals surface area (Å²) in [6, 6.07) is 13.9. The molecular formula is C26H35FN2O2. The lowest BCUT2D eigenvalue weighted by Crippen LogP contribution is -2.52. The van der Waals surface area contributed by atoms with Gasteiger partial charge in [-0.25, -0.2) is 4.39 Å². The zero-order chi connectivity index (χ0) is 23.2.